The van der Waals surface area contributed by atoms with Crippen molar-refractivity contribution in [2.45, 2.75) is 6.04 Å². The van der Waals surface area contributed by atoms with E-state index in [4.69, 9.17) is 11.6 Å². The van der Waals surface area contributed by atoms with Crippen molar-refractivity contribution in [2.75, 3.05) is 26.2 Å². The third kappa shape index (κ3) is 3.24. The Morgan fingerprint density at radius 1 is 1.04 bits per heavy atom. The van der Waals surface area contributed by atoms with Gasteiger partial charge in [0.2, 0.25) is 0 Å². The van der Waals surface area contributed by atoms with Crippen LogP contribution in [0.15, 0.2) is 18.2 Å². The quantitative estimate of drug-likeness (QED) is 0.655. The third-order valence-corrected chi connectivity index (χ3v) is 5.08. The van der Waals surface area contributed by atoms with E-state index >= 15 is 0 Å². The minimum atomic E-state index is -1.40. The van der Waals surface area contributed by atoms with Crippen molar-refractivity contribution in [2.24, 2.45) is 0 Å². The molecule has 1 atom stereocenters. The SMILES string of the molecule is Fc1cc(F)c(F)c([C@H](c2ccc(Cl)s2)N2CCNCC2)c1F. The maximum Gasteiger partial charge on any atom is 0.167 e. The smallest absolute Gasteiger partial charge is 0.167 e. The van der Waals surface area contributed by atoms with E-state index in [1.54, 1.807) is 17.0 Å². The van der Waals surface area contributed by atoms with Crippen molar-refractivity contribution in [3.8, 4) is 0 Å². The Bertz CT molecular complexity index is 689. The Hall–Kier alpha value is -1.15. The predicted octanol–water partition coefficient (Wildman–Crippen LogP) is 3.95. The van der Waals surface area contributed by atoms with Gasteiger partial charge in [-0.1, -0.05) is 11.6 Å². The van der Waals surface area contributed by atoms with Crippen LogP contribution in [0.4, 0.5) is 17.6 Å². The maximum atomic E-state index is 14.3. The highest BCUT2D eigenvalue weighted by Crippen LogP contribution is 2.38. The molecule has 8 heteroatoms. The average molecular weight is 365 g/mol. The molecule has 1 saturated heterocycles. The van der Waals surface area contributed by atoms with Gasteiger partial charge in [-0.2, -0.15) is 0 Å². The number of rotatable bonds is 3. The molecule has 2 nitrogen and oxygen atoms in total. The van der Waals surface area contributed by atoms with Gasteiger partial charge in [0.15, 0.2) is 23.3 Å². The second kappa shape index (κ2) is 6.76. The molecule has 3 rings (SSSR count). The molecule has 124 valence electrons. The van der Waals surface area contributed by atoms with Crippen LogP contribution in [-0.2, 0) is 0 Å². The lowest BCUT2D eigenvalue weighted by atomic mass is 10.0. The number of nitrogens with zero attached hydrogens (tertiary/aromatic N) is 1. The summed E-state index contributed by atoms with van der Waals surface area (Å²) >= 11 is 7.06. The Labute approximate surface area is 139 Å². The molecule has 1 N–H and O–H groups in total. The third-order valence-electron chi connectivity index (χ3n) is 3.80. The van der Waals surface area contributed by atoms with E-state index in [1.165, 1.54) is 0 Å². The van der Waals surface area contributed by atoms with E-state index in [0.29, 0.717) is 35.4 Å². The van der Waals surface area contributed by atoms with E-state index in [1.807, 2.05) is 0 Å². The number of piperazine rings is 1. The highest BCUT2D eigenvalue weighted by Gasteiger charge is 2.33. The van der Waals surface area contributed by atoms with Gasteiger partial charge in [0, 0.05) is 37.1 Å². The molecule has 0 amide bonds. The second-order valence-electron chi connectivity index (χ2n) is 5.21. The molecular weight excluding hydrogens is 352 g/mol. The molecule has 23 heavy (non-hydrogen) atoms. The van der Waals surface area contributed by atoms with Crippen LogP contribution in [0.1, 0.15) is 16.5 Å². The van der Waals surface area contributed by atoms with Crippen LogP contribution in [-0.4, -0.2) is 31.1 Å². The number of hydrogen-bond acceptors (Lipinski definition) is 3. The first kappa shape index (κ1) is 16.7. The first-order chi connectivity index (χ1) is 11.0. The largest absolute Gasteiger partial charge is 0.314 e. The Morgan fingerprint density at radius 3 is 2.17 bits per heavy atom. The van der Waals surface area contributed by atoms with Crippen molar-refractivity contribution >= 4 is 22.9 Å². The number of nitrogens with one attached hydrogen (secondary N) is 1. The molecule has 2 aromatic rings. The maximum absolute atomic E-state index is 14.3. The molecule has 0 radical (unpaired) electrons. The molecule has 1 fully saturated rings. The van der Waals surface area contributed by atoms with Crippen molar-refractivity contribution in [3.63, 3.8) is 0 Å². The first-order valence-corrected chi connectivity index (χ1v) is 8.21. The number of hydrogen-bond donors (Lipinski definition) is 1. The minimum absolute atomic E-state index is 0.227. The molecule has 0 aliphatic carbocycles. The summed E-state index contributed by atoms with van der Waals surface area (Å²) in [4.78, 5) is 2.33. The first-order valence-electron chi connectivity index (χ1n) is 7.02. The fourth-order valence-electron chi connectivity index (χ4n) is 2.75. The number of halogens is 5. The average Bonchev–Trinajstić information content (AvgIpc) is 2.96. The molecule has 0 saturated carbocycles. The minimum Gasteiger partial charge on any atom is -0.314 e. The van der Waals surface area contributed by atoms with Crippen LogP contribution < -0.4 is 5.32 Å². The molecular formula is C15H13ClF4N2S. The monoisotopic (exact) mass is 364 g/mol. The topological polar surface area (TPSA) is 15.3 Å². The lowest BCUT2D eigenvalue weighted by molar-refractivity contribution is 0.192. The van der Waals surface area contributed by atoms with Crippen LogP contribution in [0.25, 0.3) is 0 Å². The van der Waals surface area contributed by atoms with Gasteiger partial charge in [-0.25, -0.2) is 17.6 Å². The lowest BCUT2D eigenvalue weighted by Gasteiger charge is -2.35. The van der Waals surface area contributed by atoms with E-state index < -0.39 is 34.9 Å². The standard InChI is InChI=1S/C15H13ClF4N2S/c16-11-2-1-10(23-11)15(22-5-3-21-4-6-22)12-13(19)8(17)7-9(18)14(12)20/h1-2,7,15,21H,3-6H2/t15-/m0/s1. The molecule has 1 aromatic carbocycles. The Morgan fingerprint density at radius 2 is 1.65 bits per heavy atom. The van der Waals surface area contributed by atoms with E-state index in [2.05, 4.69) is 5.32 Å². The van der Waals surface area contributed by atoms with Crippen LogP contribution >= 0.6 is 22.9 Å². The molecule has 0 bridgehead atoms. The normalized spacial score (nSPS) is 17.4. The van der Waals surface area contributed by atoms with Gasteiger partial charge in [0.1, 0.15) is 0 Å². The van der Waals surface area contributed by atoms with Gasteiger partial charge in [-0.3, -0.25) is 4.90 Å². The molecule has 2 heterocycles. The van der Waals surface area contributed by atoms with Crippen molar-refractivity contribution in [1.82, 2.24) is 10.2 Å². The van der Waals surface area contributed by atoms with E-state index in [0.717, 1.165) is 11.3 Å². The number of benzene rings is 1. The van der Waals surface area contributed by atoms with Gasteiger partial charge < -0.3 is 5.32 Å². The summed E-state index contributed by atoms with van der Waals surface area (Å²) in [7, 11) is 0. The molecule has 1 aliphatic rings. The summed E-state index contributed by atoms with van der Waals surface area (Å²) in [5.41, 5.74) is -0.608. The van der Waals surface area contributed by atoms with E-state index in [9.17, 15) is 17.6 Å². The van der Waals surface area contributed by atoms with Gasteiger partial charge in [-0.15, -0.1) is 11.3 Å². The van der Waals surface area contributed by atoms with Crippen molar-refractivity contribution in [3.05, 3.63) is 56.2 Å². The van der Waals surface area contributed by atoms with Crippen molar-refractivity contribution in [1.29, 1.82) is 0 Å². The van der Waals surface area contributed by atoms with Crippen LogP contribution in [0.5, 0.6) is 0 Å². The highest BCUT2D eigenvalue weighted by atomic mass is 35.5. The van der Waals surface area contributed by atoms with Gasteiger partial charge in [0.25, 0.3) is 0 Å². The van der Waals surface area contributed by atoms with Gasteiger partial charge in [0.05, 0.1) is 15.9 Å². The van der Waals surface area contributed by atoms with Crippen LogP contribution in [0, 0.1) is 23.3 Å². The predicted molar refractivity (Wildman–Crippen MR) is 81.9 cm³/mol. The zero-order chi connectivity index (χ0) is 16.6. The molecule has 0 spiro atoms. The van der Waals surface area contributed by atoms with E-state index in [-0.39, 0.29) is 6.07 Å². The van der Waals surface area contributed by atoms with Crippen LogP contribution in [0.2, 0.25) is 4.34 Å². The molecule has 0 unspecified atom stereocenters. The molecule has 1 aromatic heterocycles. The summed E-state index contributed by atoms with van der Waals surface area (Å²) < 4.78 is 56.3. The number of thiophene rings is 1. The fraction of sp³-hybridized carbons (Fsp3) is 0.333. The summed E-state index contributed by atoms with van der Waals surface area (Å²) in [6.07, 6.45) is 0. The van der Waals surface area contributed by atoms with Gasteiger partial charge in [-0.05, 0) is 12.1 Å². The molecule has 1 aliphatic heterocycles. The lowest BCUT2D eigenvalue weighted by Crippen LogP contribution is -2.45. The summed E-state index contributed by atoms with van der Waals surface area (Å²) in [6.45, 7) is 2.24. The zero-order valence-corrected chi connectivity index (χ0v) is 13.5. The fourth-order valence-corrected chi connectivity index (χ4v) is 3.96. The Balaban J connectivity index is 2.15. The summed E-state index contributed by atoms with van der Waals surface area (Å²) in [5.74, 6) is -5.53. The summed E-state index contributed by atoms with van der Waals surface area (Å²) in [5, 5.41) is 3.13. The second-order valence-corrected chi connectivity index (χ2v) is 6.96. The van der Waals surface area contributed by atoms with Gasteiger partial charge >= 0.3 is 0 Å². The Kier molecular flexibility index (Phi) is 4.91. The van der Waals surface area contributed by atoms with Crippen molar-refractivity contribution < 1.29 is 17.6 Å². The summed E-state index contributed by atoms with van der Waals surface area (Å²) in [6, 6.07) is 2.54. The zero-order valence-electron chi connectivity index (χ0n) is 11.9. The van der Waals surface area contributed by atoms with Crippen LogP contribution in [0.3, 0.4) is 0 Å². The highest BCUT2D eigenvalue weighted by molar-refractivity contribution is 7.16.